The molecule has 1 amide bonds. The molecule has 0 saturated heterocycles. The van der Waals surface area contributed by atoms with Gasteiger partial charge in [-0.05, 0) is 39.8 Å². The van der Waals surface area contributed by atoms with E-state index in [0.717, 1.165) is 0 Å². The lowest BCUT2D eigenvalue weighted by Crippen LogP contribution is -2.58. The lowest BCUT2D eigenvalue weighted by Gasteiger charge is -2.26. The molecule has 5 nitrogen and oxygen atoms in total. The van der Waals surface area contributed by atoms with Gasteiger partial charge in [-0.1, -0.05) is 18.2 Å². The fraction of sp³-hybridized carbons (Fsp3) is 0.400. The highest BCUT2D eigenvalue weighted by Gasteiger charge is 2.42. The third kappa shape index (κ3) is 3.66. The number of carbonyl (C=O) groups excluding carboxylic acids is 3. The number of rotatable bonds is 5. The smallest absolute Gasteiger partial charge is 0.339 e. The van der Waals surface area contributed by atoms with Crippen molar-refractivity contribution in [1.82, 2.24) is 5.32 Å². The number of hydrogen-bond acceptors (Lipinski definition) is 4. The molecule has 0 aliphatic carbocycles. The van der Waals surface area contributed by atoms with Crippen LogP contribution in [0.2, 0.25) is 0 Å². The van der Waals surface area contributed by atoms with Crippen LogP contribution in [0, 0.1) is 0 Å². The Labute approximate surface area is 118 Å². The highest BCUT2D eigenvalue weighted by atomic mass is 16.5. The minimum atomic E-state index is -1.68. The molecule has 0 saturated carbocycles. The Morgan fingerprint density at radius 2 is 1.70 bits per heavy atom. The zero-order valence-electron chi connectivity index (χ0n) is 12.1. The van der Waals surface area contributed by atoms with Crippen LogP contribution in [0.1, 0.15) is 38.1 Å². The van der Waals surface area contributed by atoms with Gasteiger partial charge < -0.3 is 10.1 Å². The fourth-order valence-corrected chi connectivity index (χ4v) is 1.50. The molecule has 0 unspecified atom stereocenters. The second-order valence-electron chi connectivity index (χ2n) is 4.96. The van der Waals surface area contributed by atoms with Crippen LogP contribution >= 0.6 is 0 Å². The first-order valence-corrected chi connectivity index (χ1v) is 6.37. The van der Waals surface area contributed by atoms with E-state index >= 15 is 0 Å². The minimum absolute atomic E-state index is 0.366. The third-order valence-electron chi connectivity index (χ3n) is 2.85. The molecule has 1 aromatic carbocycles. The maximum atomic E-state index is 12.1. The Balaban J connectivity index is 2.95. The Bertz CT molecular complexity index is 510. The maximum Gasteiger partial charge on any atom is 0.339 e. The Morgan fingerprint density at radius 1 is 1.15 bits per heavy atom. The van der Waals surface area contributed by atoms with Gasteiger partial charge in [-0.25, -0.2) is 4.79 Å². The van der Waals surface area contributed by atoms with Gasteiger partial charge in [0.2, 0.25) is 0 Å². The van der Waals surface area contributed by atoms with Gasteiger partial charge in [0.05, 0.1) is 6.10 Å². The molecule has 1 rings (SSSR count). The molecule has 5 heteroatoms. The van der Waals surface area contributed by atoms with E-state index in [1.54, 1.807) is 44.2 Å². The molecule has 0 heterocycles. The summed E-state index contributed by atoms with van der Waals surface area (Å²) in [4.78, 5) is 35.8. The predicted octanol–water partition coefficient (Wildman–Crippen LogP) is 1.72. The van der Waals surface area contributed by atoms with Gasteiger partial charge >= 0.3 is 5.97 Å². The summed E-state index contributed by atoms with van der Waals surface area (Å²) in [5.74, 6) is -1.74. The van der Waals surface area contributed by atoms with E-state index in [4.69, 9.17) is 4.74 Å². The van der Waals surface area contributed by atoms with Gasteiger partial charge in [-0.15, -0.1) is 0 Å². The van der Waals surface area contributed by atoms with Crippen LogP contribution < -0.4 is 5.32 Å². The van der Waals surface area contributed by atoms with Crippen molar-refractivity contribution < 1.29 is 19.1 Å². The number of nitrogens with one attached hydrogen (secondary N) is 1. The molecule has 0 bridgehead atoms. The van der Waals surface area contributed by atoms with Gasteiger partial charge in [0.15, 0.2) is 11.3 Å². The number of benzene rings is 1. The lowest BCUT2D eigenvalue weighted by atomic mass is 9.96. The van der Waals surface area contributed by atoms with Crippen molar-refractivity contribution >= 4 is 17.7 Å². The van der Waals surface area contributed by atoms with Crippen molar-refractivity contribution in [2.45, 2.75) is 39.3 Å². The van der Waals surface area contributed by atoms with E-state index in [9.17, 15) is 14.4 Å². The van der Waals surface area contributed by atoms with Crippen molar-refractivity contribution in [3.8, 4) is 0 Å². The molecule has 0 aliphatic rings. The van der Waals surface area contributed by atoms with Crippen LogP contribution in [0.5, 0.6) is 0 Å². The summed E-state index contributed by atoms with van der Waals surface area (Å²) in [6, 6.07) is 8.38. The highest BCUT2D eigenvalue weighted by molar-refractivity contribution is 6.11. The van der Waals surface area contributed by atoms with E-state index < -0.39 is 23.2 Å². The van der Waals surface area contributed by atoms with E-state index in [-0.39, 0.29) is 6.10 Å². The Kier molecular flexibility index (Phi) is 5.02. The fourth-order valence-electron chi connectivity index (χ4n) is 1.50. The lowest BCUT2D eigenvalue weighted by molar-refractivity contribution is -0.157. The number of amides is 1. The van der Waals surface area contributed by atoms with Gasteiger partial charge in [0, 0.05) is 5.56 Å². The summed E-state index contributed by atoms with van der Waals surface area (Å²) >= 11 is 0. The number of hydrogen-bond donors (Lipinski definition) is 1. The zero-order valence-corrected chi connectivity index (χ0v) is 12.1. The molecule has 1 N–H and O–H groups in total. The number of esters is 1. The Hall–Kier alpha value is -2.17. The first kappa shape index (κ1) is 15.9. The normalized spacial score (nSPS) is 13.4. The molecule has 0 aromatic heterocycles. The van der Waals surface area contributed by atoms with Crippen molar-refractivity contribution in [3.63, 3.8) is 0 Å². The van der Waals surface area contributed by atoms with E-state index in [0.29, 0.717) is 5.56 Å². The molecule has 1 atom stereocenters. The van der Waals surface area contributed by atoms with Crippen LogP contribution in [-0.4, -0.2) is 29.3 Å². The van der Waals surface area contributed by atoms with E-state index in [1.165, 1.54) is 13.8 Å². The average molecular weight is 277 g/mol. The molecule has 0 fully saturated rings. The quantitative estimate of drug-likeness (QED) is 0.657. The summed E-state index contributed by atoms with van der Waals surface area (Å²) in [7, 11) is 0. The highest BCUT2D eigenvalue weighted by Crippen LogP contribution is 2.12. The molecular formula is C15H19NO4. The summed E-state index contributed by atoms with van der Waals surface area (Å²) in [6.07, 6.45) is -0.366. The van der Waals surface area contributed by atoms with Crippen molar-refractivity contribution in [2.24, 2.45) is 0 Å². The topological polar surface area (TPSA) is 72.5 Å². The van der Waals surface area contributed by atoms with Crippen LogP contribution in [0.3, 0.4) is 0 Å². The summed E-state index contributed by atoms with van der Waals surface area (Å²) in [5.41, 5.74) is -1.31. The summed E-state index contributed by atoms with van der Waals surface area (Å²) in [6.45, 7) is 5.95. The van der Waals surface area contributed by atoms with Crippen molar-refractivity contribution in [3.05, 3.63) is 35.9 Å². The SMILES string of the molecule is CC(=O)[C@@](C)(NC(=O)c1ccccc1)C(=O)OC(C)C. The zero-order chi connectivity index (χ0) is 15.3. The van der Waals surface area contributed by atoms with Gasteiger partial charge in [0.25, 0.3) is 5.91 Å². The molecular weight excluding hydrogens is 258 g/mol. The second-order valence-corrected chi connectivity index (χ2v) is 4.96. The monoisotopic (exact) mass is 277 g/mol. The summed E-state index contributed by atoms with van der Waals surface area (Å²) in [5, 5.41) is 2.45. The molecule has 20 heavy (non-hydrogen) atoms. The third-order valence-corrected chi connectivity index (χ3v) is 2.85. The van der Waals surface area contributed by atoms with E-state index in [2.05, 4.69) is 5.32 Å². The van der Waals surface area contributed by atoms with Gasteiger partial charge in [0.1, 0.15) is 0 Å². The molecule has 108 valence electrons. The molecule has 0 spiro atoms. The van der Waals surface area contributed by atoms with Crippen molar-refractivity contribution in [2.75, 3.05) is 0 Å². The minimum Gasteiger partial charge on any atom is -0.461 e. The average Bonchev–Trinajstić information content (AvgIpc) is 2.38. The first-order chi connectivity index (χ1) is 9.27. The van der Waals surface area contributed by atoms with Gasteiger partial charge in [-0.3, -0.25) is 9.59 Å². The number of carbonyl (C=O) groups is 3. The van der Waals surface area contributed by atoms with Gasteiger partial charge in [-0.2, -0.15) is 0 Å². The Morgan fingerprint density at radius 3 is 2.15 bits per heavy atom. The first-order valence-electron chi connectivity index (χ1n) is 6.37. The summed E-state index contributed by atoms with van der Waals surface area (Å²) < 4.78 is 5.04. The standard InChI is InChI=1S/C15H19NO4/c1-10(2)20-14(19)15(4,11(3)17)16-13(18)12-8-6-5-7-9-12/h5-10H,1-4H3,(H,16,18)/t15-/m1/s1. The van der Waals surface area contributed by atoms with Crippen LogP contribution in [0.25, 0.3) is 0 Å². The molecule has 1 aromatic rings. The molecule has 0 radical (unpaired) electrons. The largest absolute Gasteiger partial charge is 0.461 e. The number of ketones is 1. The second kappa shape index (κ2) is 6.32. The van der Waals surface area contributed by atoms with Crippen LogP contribution in [-0.2, 0) is 14.3 Å². The number of Topliss-reactive ketones (excluding diaryl/α,β-unsaturated/α-hetero) is 1. The maximum absolute atomic E-state index is 12.1. The van der Waals surface area contributed by atoms with Crippen molar-refractivity contribution in [1.29, 1.82) is 0 Å². The molecule has 0 aliphatic heterocycles. The number of ether oxygens (including phenoxy) is 1. The predicted molar refractivity (Wildman–Crippen MR) is 74.2 cm³/mol. The van der Waals surface area contributed by atoms with E-state index in [1.807, 2.05) is 0 Å². The van der Waals surface area contributed by atoms with Crippen LogP contribution in [0.15, 0.2) is 30.3 Å². The van der Waals surface area contributed by atoms with Crippen LogP contribution in [0.4, 0.5) is 0 Å².